The number of piperidine rings is 1. The standard InChI is InChI=1S/C31H33F3N4O7/c1-18-15-20(22-7-5-6-8-24(22)35-18)17-43-21-11-9-19(10-12-21)26(39)36-25-16-38(29(42)44-30(2,3)4)14-13-23(25)27(40)37-45-28(41)31(32,33)34/h5-12,15,23,25H,13-14,16-17H2,1-4H3,(H,36,39)(H,37,40)/t23-,25+/m0/s1. The smallest absolute Gasteiger partial charge is 0.489 e. The van der Waals surface area contributed by atoms with E-state index in [-0.39, 0.29) is 31.7 Å². The summed E-state index contributed by atoms with van der Waals surface area (Å²) in [5.41, 5.74) is 3.54. The van der Waals surface area contributed by atoms with Gasteiger partial charge in [0, 0.05) is 35.3 Å². The molecule has 0 aliphatic carbocycles. The van der Waals surface area contributed by atoms with E-state index in [4.69, 9.17) is 9.47 Å². The number of para-hydroxylation sites is 1. The molecule has 14 heteroatoms. The number of nitrogens with one attached hydrogen (secondary N) is 2. The zero-order valence-electron chi connectivity index (χ0n) is 25.1. The molecule has 0 unspecified atom stereocenters. The first-order valence-corrected chi connectivity index (χ1v) is 14.1. The van der Waals surface area contributed by atoms with Gasteiger partial charge in [0.1, 0.15) is 18.0 Å². The molecular weight excluding hydrogens is 597 g/mol. The molecule has 0 spiro atoms. The van der Waals surface area contributed by atoms with Gasteiger partial charge in [-0.2, -0.15) is 18.7 Å². The molecular formula is C31H33F3N4O7. The normalized spacial score (nSPS) is 16.9. The second-order valence-corrected chi connectivity index (χ2v) is 11.5. The lowest BCUT2D eigenvalue weighted by atomic mass is 9.90. The number of halogens is 3. The van der Waals surface area contributed by atoms with Gasteiger partial charge in [0.2, 0.25) is 0 Å². The van der Waals surface area contributed by atoms with Gasteiger partial charge in [-0.25, -0.2) is 9.59 Å². The fourth-order valence-electron chi connectivity index (χ4n) is 4.76. The summed E-state index contributed by atoms with van der Waals surface area (Å²) >= 11 is 0. The number of pyridine rings is 1. The molecule has 3 amide bonds. The Hall–Kier alpha value is -4.88. The van der Waals surface area contributed by atoms with Crippen molar-refractivity contribution in [1.29, 1.82) is 0 Å². The third kappa shape index (κ3) is 8.83. The summed E-state index contributed by atoms with van der Waals surface area (Å²) in [7, 11) is 0. The highest BCUT2D eigenvalue weighted by Gasteiger charge is 2.43. The quantitative estimate of drug-likeness (QED) is 0.377. The predicted octanol–water partition coefficient (Wildman–Crippen LogP) is 4.61. The third-order valence-corrected chi connectivity index (χ3v) is 6.83. The first-order valence-electron chi connectivity index (χ1n) is 14.1. The summed E-state index contributed by atoms with van der Waals surface area (Å²) in [6.45, 7) is 6.99. The highest BCUT2D eigenvalue weighted by Crippen LogP contribution is 2.24. The van der Waals surface area contributed by atoms with Crippen molar-refractivity contribution < 1.29 is 46.7 Å². The number of alkyl halides is 3. The SMILES string of the molecule is Cc1cc(COc2ccc(C(=O)N[C@@H]3CN(C(=O)OC(C)(C)C)CC[C@@H]3C(=O)NOC(=O)C(F)(F)F)cc2)c2ccccc2n1. The number of benzene rings is 2. The Balaban J connectivity index is 1.44. The molecule has 2 N–H and O–H groups in total. The number of fused-ring (bicyclic) bond motifs is 1. The summed E-state index contributed by atoms with van der Waals surface area (Å²) in [4.78, 5) is 59.4. The maximum Gasteiger partial charge on any atom is 0.493 e. The number of likely N-dealkylation sites (tertiary alicyclic amines) is 1. The van der Waals surface area contributed by atoms with Crippen LogP contribution in [0.4, 0.5) is 18.0 Å². The molecule has 1 aliphatic rings. The summed E-state index contributed by atoms with van der Waals surface area (Å²) < 4.78 is 49.0. The van der Waals surface area contributed by atoms with Gasteiger partial charge in [-0.05, 0) is 70.5 Å². The molecule has 45 heavy (non-hydrogen) atoms. The fourth-order valence-corrected chi connectivity index (χ4v) is 4.76. The van der Waals surface area contributed by atoms with Gasteiger partial charge in [-0.1, -0.05) is 18.2 Å². The van der Waals surface area contributed by atoms with Crippen LogP contribution in [0.5, 0.6) is 5.75 Å². The maximum absolute atomic E-state index is 13.2. The number of aromatic nitrogens is 1. The molecule has 1 aliphatic heterocycles. The van der Waals surface area contributed by atoms with E-state index in [2.05, 4.69) is 15.1 Å². The summed E-state index contributed by atoms with van der Waals surface area (Å²) in [5, 5.41) is 3.63. The molecule has 1 saturated heterocycles. The van der Waals surface area contributed by atoms with Crippen LogP contribution in [0.2, 0.25) is 0 Å². The van der Waals surface area contributed by atoms with Crippen LogP contribution in [0.3, 0.4) is 0 Å². The van der Waals surface area contributed by atoms with Crippen molar-refractivity contribution in [3.05, 3.63) is 71.4 Å². The first kappa shape index (κ1) is 33.0. The number of hydrogen-bond donors (Lipinski definition) is 2. The van der Waals surface area contributed by atoms with Crippen molar-refractivity contribution in [3.63, 3.8) is 0 Å². The number of nitrogens with zero attached hydrogens (tertiary/aromatic N) is 2. The number of ether oxygens (including phenoxy) is 2. The van der Waals surface area contributed by atoms with Gasteiger partial charge in [0.25, 0.3) is 11.8 Å². The molecule has 1 aromatic heterocycles. The van der Waals surface area contributed by atoms with Crippen LogP contribution in [-0.2, 0) is 25.8 Å². The van der Waals surface area contributed by atoms with Crippen LogP contribution < -0.4 is 15.5 Å². The van der Waals surface area contributed by atoms with Crippen LogP contribution >= 0.6 is 0 Å². The van der Waals surface area contributed by atoms with E-state index in [0.29, 0.717) is 5.75 Å². The predicted molar refractivity (Wildman–Crippen MR) is 155 cm³/mol. The molecule has 4 rings (SSSR count). The minimum atomic E-state index is -5.32. The van der Waals surface area contributed by atoms with Crippen molar-refractivity contribution in [2.45, 2.75) is 58.5 Å². The van der Waals surface area contributed by atoms with Crippen LogP contribution in [0, 0.1) is 12.8 Å². The Morgan fingerprint density at radius 3 is 2.38 bits per heavy atom. The van der Waals surface area contributed by atoms with Crippen LogP contribution in [0.15, 0.2) is 54.6 Å². The Bertz CT molecular complexity index is 1570. The van der Waals surface area contributed by atoms with Crippen molar-refractivity contribution in [2.24, 2.45) is 5.92 Å². The molecule has 2 atom stereocenters. The highest BCUT2D eigenvalue weighted by molar-refractivity contribution is 5.95. The molecule has 11 nitrogen and oxygen atoms in total. The van der Waals surface area contributed by atoms with Crippen molar-refractivity contribution in [1.82, 2.24) is 20.7 Å². The van der Waals surface area contributed by atoms with Gasteiger partial charge < -0.3 is 24.5 Å². The fraction of sp³-hybridized carbons (Fsp3) is 0.387. The topological polar surface area (TPSA) is 136 Å². The zero-order valence-corrected chi connectivity index (χ0v) is 25.1. The monoisotopic (exact) mass is 630 g/mol. The van der Waals surface area contributed by atoms with E-state index >= 15 is 0 Å². The second kappa shape index (κ2) is 13.4. The zero-order chi connectivity index (χ0) is 32.9. The average Bonchev–Trinajstić information content (AvgIpc) is 2.97. The molecule has 2 heterocycles. The number of carbonyl (C=O) groups excluding carboxylic acids is 4. The maximum atomic E-state index is 13.2. The number of carbonyl (C=O) groups is 4. The molecule has 2 aromatic carbocycles. The van der Waals surface area contributed by atoms with E-state index in [0.717, 1.165) is 22.2 Å². The molecule has 3 aromatic rings. The lowest BCUT2D eigenvalue weighted by molar-refractivity contribution is -0.208. The molecule has 0 bridgehead atoms. The van der Waals surface area contributed by atoms with E-state index in [9.17, 15) is 32.3 Å². The average molecular weight is 631 g/mol. The van der Waals surface area contributed by atoms with Crippen molar-refractivity contribution in [2.75, 3.05) is 13.1 Å². The Labute approximate surface area is 257 Å². The lowest BCUT2D eigenvalue weighted by Crippen LogP contribution is -2.58. The van der Waals surface area contributed by atoms with Crippen LogP contribution in [-0.4, -0.2) is 64.7 Å². The van der Waals surface area contributed by atoms with Crippen molar-refractivity contribution >= 4 is 34.8 Å². The number of aryl methyl sites for hydroxylation is 1. The summed E-state index contributed by atoms with van der Waals surface area (Å²) in [6.07, 6.45) is -6.07. The molecule has 1 fully saturated rings. The third-order valence-electron chi connectivity index (χ3n) is 6.83. The van der Waals surface area contributed by atoms with E-state index in [1.165, 1.54) is 22.5 Å². The van der Waals surface area contributed by atoms with E-state index < -0.39 is 47.6 Å². The second-order valence-electron chi connectivity index (χ2n) is 11.5. The minimum Gasteiger partial charge on any atom is -0.489 e. The van der Waals surface area contributed by atoms with E-state index in [1.54, 1.807) is 32.9 Å². The largest absolute Gasteiger partial charge is 0.493 e. The Morgan fingerprint density at radius 2 is 1.71 bits per heavy atom. The van der Waals surface area contributed by atoms with Crippen LogP contribution in [0.1, 0.15) is 48.8 Å². The van der Waals surface area contributed by atoms with Gasteiger partial charge in [-0.15, -0.1) is 0 Å². The van der Waals surface area contributed by atoms with Gasteiger partial charge in [0.05, 0.1) is 17.5 Å². The van der Waals surface area contributed by atoms with Crippen LogP contribution in [0.25, 0.3) is 10.9 Å². The number of amides is 3. The molecule has 0 radical (unpaired) electrons. The van der Waals surface area contributed by atoms with Gasteiger partial charge in [0.15, 0.2) is 0 Å². The minimum absolute atomic E-state index is 0.00487. The first-order chi connectivity index (χ1) is 21.1. The summed E-state index contributed by atoms with van der Waals surface area (Å²) in [5.74, 6) is -4.92. The highest BCUT2D eigenvalue weighted by atomic mass is 19.4. The molecule has 0 saturated carbocycles. The van der Waals surface area contributed by atoms with E-state index in [1.807, 2.05) is 37.3 Å². The van der Waals surface area contributed by atoms with Gasteiger partial charge in [-0.3, -0.25) is 14.6 Å². The number of rotatable bonds is 6. The number of hydroxylamine groups is 1. The molecule has 240 valence electrons. The summed E-state index contributed by atoms with van der Waals surface area (Å²) in [6, 6.07) is 14.8. The van der Waals surface area contributed by atoms with Gasteiger partial charge >= 0.3 is 18.2 Å². The Kier molecular flexibility index (Phi) is 9.84. The number of hydrogen-bond acceptors (Lipinski definition) is 8. The van der Waals surface area contributed by atoms with Crippen molar-refractivity contribution in [3.8, 4) is 5.75 Å². The lowest BCUT2D eigenvalue weighted by Gasteiger charge is -2.38. The Morgan fingerprint density at radius 1 is 1.02 bits per heavy atom.